The van der Waals surface area contributed by atoms with E-state index in [4.69, 9.17) is 18.8 Å². The van der Waals surface area contributed by atoms with E-state index in [1.54, 1.807) is 0 Å². The van der Waals surface area contributed by atoms with E-state index in [9.17, 15) is 0 Å². The van der Waals surface area contributed by atoms with Gasteiger partial charge in [-0.2, -0.15) is 0 Å². The molecule has 43 heavy (non-hydrogen) atoms. The van der Waals surface area contributed by atoms with Gasteiger partial charge in [-0.1, -0.05) is 84.9 Å². The maximum absolute atomic E-state index is 6.50. The number of hydrogen-bond donors (Lipinski definition) is 0. The number of furan rings is 2. The molecular weight excluding hydrogens is 530 g/mol. The lowest BCUT2D eigenvalue weighted by Gasteiger charge is -2.12. The summed E-state index contributed by atoms with van der Waals surface area (Å²) >= 11 is 0. The van der Waals surface area contributed by atoms with Crippen LogP contribution in [0.25, 0.3) is 93.8 Å². The second kappa shape index (κ2) is 8.30. The third-order valence-corrected chi connectivity index (χ3v) is 8.63. The molecule has 0 atom stereocenters. The van der Waals surface area contributed by atoms with Crippen LogP contribution in [0.1, 0.15) is 0 Å². The molecule has 4 heterocycles. The van der Waals surface area contributed by atoms with E-state index < -0.39 is 0 Å². The molecular formula is C38H21N3O2. The number of hydrogen-bond acceptors (Lipinski definition) is 4. The van der Waals surface area contributed by atoms with Crippen LogP contribution < -0.4 is 0 Å². The fourth-order valence-corrected chi connectivity index (χ4v) is 6.79. The number of rotatable bonds is 2. The molecule has 5 nitrogen and oxygen atoms in total. The largest absolute Gasteiger partial charge is 0.456 e. The van der Waals surface area contributed by atoms with Crippen molar-refractivity contribution in [2.24, 2.45) is 0 Å². The molecule has 0 amide bonds. The Balaban J connectivity index is 1.34. The smallest absolute Gasteiger partial charge is 0.235 e. The third-order valence-electron chi connectivity index (χ3n) is 8.63. The summed E-state index contributed by atoms with van der Waals surface area (Å²) in [6, 6.07) is 43.6. The molecule has 0 aliphatic rings. The Kier molecular flexibility index (Phi) is 4.39. The van der Waals surface area contributed by atoms with Crippen LogP contribution in [0.3, 0.4) is 0 Å². The molecule has 0 bridgehead atoms. The summed E-state index contributed by atoms with van der Waals surface area (Å²) < 4.78 is 14.9. The average Bonchev–Trinajstić information content (AvgIpc) is 3.73. The SMILES string of the molecule is c1ccc2c(-c3cccc4oc5ccccc5c34)nc(-n3c4ccccc4c4c5oc6ccccc6c5ccc43)nc2c1. The van der Waals surface area contributed by atoms with E-state index in [0.29, 0.717) is 5.95 Å². The molecule has 0 unspecified atom stereocenters. The van der Waals surface area contributed by atoms with Crippen LogP contribution in [0.5, 0.6) is 0 Å². The van der Waals surface area contributed by atoms with Gasteiger partial charge in [0.15, 0.2) is 0 Å². The Morgan fingerprint density at radius 1 is 0.442 bits per heavy atom. The van der Waals surface area contributed by atoms with Gasteiger partial charge >= 0.3 is 0 Å². The first-order chi connectivity index (χ1) is 21.3. The number of para-hydroxylation sites is 4. The standard InChI is InChI=1S/C38H21N3O2/c1-5-15-28-24(11-1)36(27-14-9-19-33-34(27)26-13-4-8-18-32(26)42-33)40-38(39-28)41-29-16-6-2-12-25(29)35-30(41)21-20-23-22-10-3-7-17-31(22)43-37(23)35/h1-21H. The lowest BCUT2D eigenvalue weighted by Crippen LogP contribution is -2.03. The first-order valence-electron chi connectivity index (χ1n) is 14.3. The topological polar surface area (TPSA) is 57.0 Å². The summed E-state index contributed by atoms with van der Waals surface area (Å²) in [6.07, 6.45) is 0. The Morgan fingerprint density at radius 3 is 2.02 bits per heavy atom. The van der Waals surface area contributed by atoms with Gasteiger partial charge in [-0.3, -0.25) is 4.57 Å². The molecule has 10 rings (SSSR count). The summed E-state index contributed by atoms with van der Waals surface area (Å²) in [5.41, 5.74) is 8.25. The van der Waals surface area contributed by atoms with Gasteiger partial charge in [0.2, 0.25) is 5.95 Å². The first kappa shape index (κ1) is 22.7. The summed E-state index contributed by atoms with van der Waals surface area (Å²) in [6.45, 7) is 0. The highest BCUT2D eigenvalue weighted by Gasteiger charge is 2.22. The van der Waals surface area contributed by atoms with E-state index in [-0.39, 0.29) is 0 Å². The zero-order valence-electron chi connectivity index (χ0n) is 22.8. The third kappa shape index (κ3) is 3.05. The molecule has 0 N–H and O–H groups in total. The van der Waals surface area contributed by atoms with Crippen molar-refractivity contribution in [1.82, 2.24) is 14.5 Å². The molecule has 5 heteroatoms. The number of fused-ring (bicyclic) bond motifs is 11. The predicted molar refractivity (Wildman–Crippen MR) is 174 cm³/mol. The minimum atomic E-state index is 0.611. The zero-order valence-corrected chi connectivity index (χ0v) is 22.8. The van der Waals surface area contributed by atoms with Crippen molar-refractivity contribution in [3.05, 3.63) is 127 Å². The Bertz CT molecular complexity index is 2750. The highest BCUT2D eigenvalue weighted by Crippen LogP contribution is 2.42. The lowest BCUT2D eigenvalue weighted by molar-refractivity contribution is 0.669. The van der Waals surface area contributed by atoms with Gasteiger partial charge in [0.05, 0.1) is 27.6 Å². The zero-order chi connectivity index (χ0) is 28.1. The monoisotopic (exact) mass is 551 g/mol. The van der Waals surface area contributed by atoms with Crippen molar-refractivity contribution in [2.45, 2.75) is 0 Å². The molecule has 0 radical (unpaired) electrons. The fraction of sp³-hybridized carbons (Fsp3) is 0. The summed E-state index contributed by atoms with van der Waals surface area (Å²) in [5, 5.41) is 7.49. The molecule has 0 fully saturated rings. The minimum absolute atomic E-state index is 0.611. The molecule has 0 aliphatic heterocycles. The van der Waals surface area contributed by atoms with Gasteiger partial charge in [0, 0.05) is 37.9 Å². The van der Waals surface area contributed by atoms with Crippen LogP contribution in [0.2, 0.25) is 0 Å². The molecule has 0 saturated heterocycles. The van der Waals surface area contributed by atoms with Crippen LogP contribution in [0, 0.1) is 0 Å². The van der Waals surface area contributed by atoms with Crippen LogP contribution in [-0.2, 0) is 0 Å². The maximum Gasteiger partial charge on any atom is 0.235 e. The Hall–Kier alpha value is -5.94. The predicted octanol–water partition coefficient (Wildman–Crippen LogP) is 10.2. The number of aromatic nitrogens is 3. The Labute approximate surface area is 244 Å². The number of benzene rings is 6. The fourth-order valence-electron chi connectivity index (χ4n) is 6.79. The molecule has 0 saturated carbocycles. The molecule has 200 valence electrons. The van der Waals surface area contributed by atoms with Crippen LogP contribution in [0.4, 0.5) is 0 Å². The molecule has 10 aromatic rings. The van der Waals surface area contributed by atoms with Gasteiger partial charge in [-0.05, 0) is 42.5 Å². The van der Waals surface area contributed by atoms with Crippen molar-refractivity contribution in [1.29, 1.82) is 0 Å². The van der Waals surface area contributed by atoms with Crippen molar-refractivity contribution in [2.75, 3.05) is 0 Å². The molecule has 4 aromatic heterocycles. The van der Waals surface area contributed by atoms with E-state index in [1.165, 1.54) is 0 Å². The van der Waals surface area contributed by atoms with Crippen molar-refractivity contribution in [3.63, 3.8) is 0 Å². The Morgan fingerprint density at radius 2 is 1.14 bits per heavy atom. The van der Waals surface area contributed by atoms with Crippen molar-refractivity contribution in [3.8, 4) is 17.2 Å². The quantitative estimate of drug-likeness (QED) is 0.214. The minimum Gasteiger partial charge on any atom is -0.456 e. The van der Waals surface area contributed by atoms with Gasteiger partial charge < -0.3 is 8.83 Å². The van der Waals surface area contributed by atoms with Gasteiger partial charge in [0.25, 0.3) is 0 Å². The highest BCUT2D eigenvalue weighted by molar-refractivity contribution is 6.24. The summed E-state index contributed by atoms with van der Waals surface area (Å²) in [7, 11) is 0. The second-order valence-corrected chi connectivity index (χ2v) is 11.0. The van der Waals surface area contributed by atoms with Crippen molar-refractivity contribution >= 4 is 76.6 Å². The van der Waals surface area contributed by atoms with Gasteiger partial charge in [-0.15, -0.1) is 0 Å². The molecule has 0 aliphatic carbocycles. The van der Waals surface area contributed by atoms with E-state index in [0.717, 1.165) is 87.8 Å². The van der Waals surface area contributed by atoms with Gasteiger partial charge in [-0.25, -0.2) is 9.97 Å². The maximum atomic E-state index is 6.50. The summed E-state index contributed by atoms with van der Waals surface area (Å²) in [5.74, 6) is 0.611. The average molecular weight is 552 g/mol. The van der Waals surface area contributed by atoms with E-state index in [1.807, 2.05) is 48.5 Å². The normalized spacial score (nSPS) is 12.2. The van der Waals surface area contributed by atoms with Crippen molar-refractivity contribution < 1.29 is 8.83 Å². The highest BCUT2D eigenvalue weighted by atomic mass is 16.3. The number of nitrogens with zero attached hydrogens (tertiary/aromatic N) is 3. The van der Waals surface area contributed by atoms with Crippen LogP contribution in [-0.4, -0.2) is 14.5 Å². The summed E-state index contributed by atoms with van der Waals surface area (Å²) in [4.78, 5) is 10.5. The molecule has 0 spiro atoms. The molecule has 6 aromatic carbocycles. The van der Waals surface area contributed by atoms with E-state index in [2.05, 4.69) is 83.4 Å². The second-order valence-electron chi connectivity index (χ2n) is 11.0. The van der Waals surface area contributed by atoms with Crippen LogP contribution >= 0.6 is 0 Å². The van der Waals surface area contributed by atoms with Crippen LogP contribution in [0.15, 0.2) is 136 Å². The van der Waals surface area contributed by atoms with Gasteiger partial charge in [0.1, 0.15) is 22.3 Å². The van der Waals surface area contributed by atoms with E-state index >= 15 is 0 Å². The lowest BCUT2D eigenvalue weighted by atomic mass is 10.0. The first-order valence-corrected chi connectivity index (χ1v) is 14.3.